The lowest BCUT2D eigenvalue weighted by atomic mass is 10.2. The van der Waals surface area contributed by atoms with Crippen molar-refractivity contribution in [2.24, 2.45) is 0 Å². The summed E-state index contributed by atoms with van der Waals surface area (Å²) in [7, 11) is 0. The minimum Gasteiger partial charge on any atom is -0.399 e. The number of benzene rings is 1. The molecule has 0 unspecified atom stereocenters. The number of hydrogen-bond donors (Lipinski definition) is 2. The average molecular weight is 180 g/mol. The van der Waals surface area contributed by atoms with Gasteiger partial charge in [0.25, 0.3) is 0 Å². The monoisotopic (exact) mass is 180 g/mol. The van der Waals surface area contributed by atoms with Crippen molar-refractivity contribution in [1.29, 1.82) is 0 Å². The predicted octanol–water partition coefficient (Wildman–Crippen LogP) is 1.53. The van der Waals surface area contributed by atoms with Crippen molar-refractivity contribution < 1.29 is 9.18 Å². The maximum Gasteiger partial charge on any atom is 0.247 e. The largest absolute Gasteiger partial charge is 0.399 e. The zero-order valence-corrected chi connectivity index (χ0v) is 6.88. The van der Waals surface area contributed by atoms with E-state index in [9.17, 15) is 9.18 Å². The molecule has 0 fully saturated rings. The fraction of sp³-hybridized carbons (Fsp3) is 0. The fourth-order valence-corrected chi connectivity index (χ4v) is 0.822. The van der Waals surface area contributed by atoms with Gasteiger partial charge in [0.2, 0.25) is 5.91 Å². The molecule has 0 saturated heterocycles. The molecule has 3 N–H and O–H groups in total. The summed E-state index contributed by atoms with van der Waals surface area (Å²) in [6.07, 6.45) is 1.06. The standard InChI is InChI=1S/C9H9FN2O/c1-2-9(13)12-8-5-6(11)3-4-7(8)10/h2-5H,1,11H2,(H,12,13). The third-order valence-electron chi connectivity index (χ3n) is 1.43. The van der Waals surface area contributed by atoms with Gasteiger partial charge in [0.05, 0.1) is 5.69 Å². The number of nitrogens with one attached hydrogen (secondary N) is 1. The van der Waals surface area contributed by atoms with Crippen LogP contribution in [0, 0.1) is 5.82 Å². The van der Waals surface area contributed by atoms with Crippen LogP contribution in [0.25, 0.3) is 0 Å². The van der Waals surface area contributed by atoms with Crippen LogP contribution in [0.4, 0.5) is 15.8 Å². The third kappa shape index (κ3) is 2.30. The van der Waals surface area contributed by atoms with Gasteiger partial charge in [-0.3, -0.25) is 4.79 Å². The molecular weight excluding hydrogens is 171 g/mol. The van der Waals surface area contributed by atoms with Crippen LogP contribution in [0.3, 0.4) is 0 Å². The minimum absolute atomic E-state index is 0.0601. The van der Waals surface area contributed by atoms with Gasteiger partial charge in [-0.25, -0.2) is 4.39 Å². The second kappa shape index (κ2) is 3.71. The molecular formula is C9H9FN2O. The molecule has 13 heavy (non-hydrogen) atoms. The average Bonchev–Trinajstić information content (AvgIpc) is 2.11. The second-order valence-corrected chi connectivity index (χ2v) is 2.43. The Morgan fingerprint density at radius 2 is 2.31 bits per heavy atom. The van der Waals surface area contributed by atoms with Gasteiger partial charge < -0.3 is 11.1 Å². The van der Waals surface area contributed by atoms with Crippen molar-refractivity contribution in [3.05, 3.63) is 36.7 Å². The molecule has 1 rings (SSSR count). The van der Waals surface area contributed by atoms with E-state index in [1.54, 1.807) is 0 Å². The highest BCUT2D eigenvalue weighted by Crippen LogP contribution is 2.16. The molecule has 0 aliphatic rings. The molecule has 0 heterocycles. The smallest absolute Gasteiger partial charge is 0.247 e. The van der Waals surface area contributed by atoms with Crippen LogP contribution in [0.5, 0.6) is 0 Å². The number of anilines is 2. The molecule has 1 aromatic carbocycles. The maximum absolute atomic E-state index is 13.0. The quantitative estimate of drug-likeness (QED) is 0.535. The summed E-state index contributed by atoms with van der Waals surface area (Å²) in [6, 6.07) is 3.95. The fourth-order valence-electron chi connectivity index (χ4n) is 0.822. The third-order valence-corrected chi connectivity index (χ3v) is 1.43. The van der Waals surface area contributed by atoms with Gasteiger partial charge in [0.15, 0.2) is 0 Å². The number of rotatable bonds is 2. The normalized spacial score (nSPS) is 9.31. The molecule has 0 bridgehead atoms. The SMILES string of the molecule is C=CC(=O)Nc1cc(N)ccc1F. The van der Waals surface area contributed by atoms with Crippen LogP contribution in [-0.2, 0) is 4.79 Å². The first-order valence-electron chi connectivity index (χ1n) is 3.62. The van der Waals surface area contributed by atoms with E-state index in [2.05, 4.69) is 11.9 Å². The van der Waals surface area contributed by atoms with E-state index in [0.29, 0.717) is 5.69 Å². The van der Waals surface area contributed by atoms with Crippen LogP contribution in [-0.4, -0.2) is 5.91 Å². The molecule has 0 aromatic heterocycles. The van der Waals surface area contributed by atoms with Crippen molar-refractivity contribution >= 4 is 17.3 Å². The van der Waals surface area contributed by atoms with E-state index in [1.807, 2.05) is 0 Å². The Hall–Kier alpha value is -1.84. The van der Waals surface area contributed by atoms with Gasteiger partial charge in [-0.2, -0.15) is 0 Å². The van der Waals surface area contributed by atoms with Crippen LogP contribution >= 0.6 is 0 Å². The van der Waals surface area contributed by atoms with Gasteiger partial charge in [-0.15, -0.1) is 0 Å². The summed E-state index contributed by atoms with van der Waals surface area (Å²) in [6.45, 7) is 3.24. The Morgan fingerprint density at radius 3 is 2.92 bits per heavy atom. The summed E-state index contributed by atoms with van der Waals surface area (Å²) in [5, 5.41) is 2.29. The molecule has 3 nitrogen and oxygen atoms in total. The van der Waals surface area contributed by atoms with Crippen molar-refractivity contribution in [3.8, 4) is 0 Å². The molecule has 0 saturated carbocycles. The van der Waals surface area contributed by atoms with Gasteiger partial charge in [-0.1, -0.05) is 6.58 Å². The van der Waals surface area contributed by atoms with E-state index in [4.69, 9.17) is 5.73 Å². The van der Waals surface area contributed by atoms with Crippen LogP contribution in [0.1, 0.15) is 0 Å². The maximum atomic E-state index is 13.0. The minimum atomic E-state index is -0.524. The first-order valence-corrected chi connectivity index (χ1v) is 3.62. The summed E-state index contributed by atoms with van der Waals surface area (Å²) in [5.41, 5.74) is 5.85. The number of nitrogens with two attached hydrogens (primary N) is 1. The van der Waals surface area contributed by atoms with E-state index in [0.717, 1.165) is 6.08 Å². The lowest BCUT2D eigenvalue weighted by molar-refractivity contribution is -0.111. The summed E-state index contributed by atoms with van der Waals surface area (Å²) < 4.78 is 13.0. The van der Waals surface area contributed by atoms with Gasteiger partial charge in [0, 0.05) is 5.69 Å². The topological polar surface area (TPSA) is 55.1 Å². The van der Waals surface area contributed by atoms with Crippen LogP contribution < -0.4 is 11.1 Å². The number of carbonyl (C=O) groups excluding carboxylic acids is 1. The van der Waals surface area contributed by atoms with E-state index >= 15 is 0 Å². The number of hydrogen-bond acceptors (Lipinski definition) is 2. The number of amides is 1. The first kappa shape index (κ1) is 9.25. The Morgan fingerprint density at radius 1 is 1.62 bits per heavy atom. The molecule has 4 heteroatoms. The van der Waals surface area contributed by atoms with Gasteiger partial charge in [-0.05, 0) is 24.3 Å². The van der Waals surface area contributed by atoms with Crippen LogP contribution in [0.2, 0.25) is 0 Å². The zero-order chi connectivity index (χ0) is 9.84. The van der Waals surface area contributed by atoms with Crippen molar-refractivity contribution in [2.75, 3.05) is 11.1 Å². The molecule has 1 amide bonds. The Labute approximate surface area is 75.1 Å². The molecule has 0 spiro atoms. The summed E-state index contributed by atoms with van der Waals surface area (Å²) in [4.78, 5) is 10.8. The highest BCUT2D eigenvalue weighted by Gasteiger charge is 2.03. The lowest BCUT2D eigenvalue weighted by Gasteiger charge is -2.03. The lowest BCUT2D eigenvalue weighted by Crippen LogP contribution is -2.09. The Bertz CT molecular complexity index is 349. The van der Waals surface area contributed by atoms with Crippen molar-refractivity contribution in [2.45, 2.75) is 0 Å². The van der Waals surface area contributed by atoms with Crippen molar-refractivity contribution in [3.63, 3.8) is 0 Å². The Balaban J connectivity index is 2.93. The highest BCUT2D eigenvalue weighted by atomic mass is 19.1. The summed E-state index contributed by atoms with van der Waals surface area (Å²) >= 11 is 0. The number of nitrogen functional groups attached to an aromatic ring is 1. The molecule has 0 atom stereocenters. The molecule has 0 aliphatic carbocycles. The second-order valence-electron chi connectivity index (χ2n) is 2.43. The molecule has 0 radical (unpaired) electrons. The predicted molar refractivity (Wildman–Crippen MR) is 49.6 cm³/mol. The number of halogens is 1. The van der Waals surface area contributed by atoms with E-state index < -0.39 is 11.7 Å². The zero-order valence-electron chi connectivity index (χ0n) is 6.88. The Kier molecular flexibility index (Phi) is 2.64. The van der Waals surface area contributed by atoms with E-state index in [-0.39, 0.29) is 5.69 Å². The van der Waals surface area contributed by atoms with E-state index in [1.165, 1.54) is 18.2 Å². The number of carbonyl (C=O) groups is 1. The molecule has 1 aromatic rings. The van der Waals surface area contributed by atoms with Gasteiger partial charge in [0.1, 0.15) is 5.82 Å². The van der Waals surface area contributed by atoms with Crippen LogP contribution in [0.15, 0.2) is 30.9 Å². The highest BCUT2D eigenvalue weighted by molar-refractivity contribution is 5.99. The summed E-state index contributed by atoms with van der Waals surface area (Å²) in [5.74, 6) is -0.992. The first-order chi connectivity index (χ1) is 6.13. The molecule has 0 aliphatic heterocycles. The molecule has 68 valence electrons. The van der Waals surface area contributed by atoms with Crippen molar-refractivity contribution in [1.82, 2.24) is 0 Å². The van der Waals surface area contributed by atoms with Gasteiger partial charge >= 0.3 is 0 Å².